The molecule has 1 unspecified atom stereocenters. The first kappa shape index (κ1) is 13.0. The summed E-state index contributed by atoms with van der Waals surface area (Å²) >= 11 is 0. The van der Waals surface area contributed by atoms with Crippen molar-refractivity contribution in [3.8, 4) is 0 Å². The lowest BCUT2D eigenvalue weighted by Crippen LogP contribution is -2.30. The van der Waals surface area contributed by atoms with Crippen molar-refractivity contribution < 1.29 is 0 Å². The van der Waals surface area contributed by atoms with Crippen LogP contribution < -0.4 is 5.32 Å². The molecule has 0 spiro atoms. The van der Waals surface area contributed by atoms with Gasteiger partial charge in [0, 0.05) is 18.3 Å². The van der Waals surface area contributed by atoms with Gasteiger partial charge < -0.3 is 10.2 Å². The lowest BCUT2D eigenvalue weighted by atomic mass is 10.2. The molecule has 0 amide bonds. The maximum absolute atomic E-state index is 3.43. The predicted octanol–water partition coefficient (Wildman–Crippen LogP) is 3.22. The third-order valence-corrected chi connectivity index (χ3v) is 3.13. The molecule has 90 valence electrons. The Bertz CT molecular complexity index is 271. The summed E-state index contributed by atoms with van der Waals surface area (Å²) in [6.45, 7) is 6.73. The molecule has 2 nitrogen and oxygen atoms in total. The van der Waals surface area contributed by atoms with E-state index in [0.717, 1.165) is 13.1 Å². The lowest BCUT2D eigenvalue weighted by Gasteiger charge is -2.23. The van der Waals surface area contributed by atoms with E-state index in [1.807, 2.05) is 6.07 Å². The first-order valence-electron chi connectivity index (χ1n) is 6.23. The number of nitrogens with zero attached hydrogens (tertiary/aromatic N) is 1. The van der Waals surface area contributed by atoms with E-state index in [9.17, 15) is 0 Å². The van der Waals surface area contributed by atoms with Crippen molar-refractivity contribution in [2.75, 3.05) is 25.5 Å². The van der Waals surface area contributed by atoms with Crippen molar-refractivity contribution >= 4 is 5.69 Å². The molecular weight excluding hydrogens is 196 g/mol. The molecule has 0 aromatic heterocycles. The number of nitrogens with one attached hydrogen (secondary N) is 1. The van der Waals surface area contributed by atoms with Crippen molar-refractivity contribution in [1.29, 1.82) is 0 Å². The van der Waals surface area contributed by atoms with Crippen molar-refractivity contribution in [3.63, 3.8) is 0 Å². The third kappa shape index (κ3) is 4.67. The summed E-state index contributed by atoms with van der Waals surface area (Å²) in [6.07, 6.45) is 2.42. The van der Waals surface area contributed by atoms with Crippen LogP contribution in [-0.2, 0) is 0 Å². The van der Waals surface area contributed by atoms with E-state index >= 15 is 0 Å². The molecule has 1 rings (SSSR count). The van der Waals surface area contributed by atoms with E-state index in [-0.39, 0.29) is 0 Å². The Kier molecular flexibility index (Phi) is 5.94. The van der Waals surface area contributed by atoms with Gasteiger partial charge in [-0.2, -0.15) is 0 Å². The van der Waals surface area contributed by atoms with Gasteiger partial charge in [-0.25, -0.2) is 0 Å². The fourth-order valence-electron chi connectivity index (χ4n) is 1.65. The highest BCUT2D eigenvalue weighted by molar-refractivity contribution is 5.42. The van der Waals surface area contributed by atoms with Crippen molar-refractivity contribution in [2.45, 2.75) is 32.7 Å². The maximum atomic E-state index is 3.43. The van der Waals surface area contributed by atoms with Crippen LogP contribution >= 0.6 is 0 Å². The van der Waals surface area contributed by atoms with Crippen molar-refractivity contribution in [2.24, 2.45) is 0 Å². The fourth-order valence-corrected chi connectivity index (χ4v) is 1.65. The summed E-state index contributed by atoms with van der Waals surface area (Å²) in [4.78, 5) is 2.42. The topological polar surface area (TPSA) is 15.3 Å². The lowest BCUT2D eigenvalue weighted by molar-refractivity contribution is 0.251. The van der Waals surface area contributed by atoms with Gasteiger partial charge in [-0.3, -0.25) is 0 Å². The van der Waals surface area contributed by atoms with Gasteiger partial charge in [-0.05, 0) is 45.5 Å². The van der Waals surface area contributed by atoms with Crippen LogP contribution in [0.2, 0.25) is 0 Å². The summed E-state index contributed by atoms with van der Waals surface area (Å²) < 4.78 is 0. The molecule has 0 aliphatic heterocycles. The Morgan fingerprint density at radius 2 is 1.94 bits per heavy atom. The number of rotatable bonds is 7. The van der Waals surface area contributed by atoms with E-state index < -0.39 is 0 Å². The molecule has 1 aromatic rings. The average Bonchev–Trinajstić information content (AvgIpc) is 2.34. The summed E-state index contributed by atoms with van der Waals surface area (Å²) in [5, 5.41) is 3.43. The number of para-hydroxylation sites is 1. The van der Waals surface area contributed by atoms with E-state index in [4.69, 9.17) is 0 Å². The van der Waals surface area contributed by atoms with Crippen LogP contribution in [0.3, 0.4) is 0 Å². The van der Waals surface area contributed by atoms with Crippen LogP contribution in [0, 0.1) is 0 Å². The SMILES string of the molecule is CCC(C)N(C)CCCNc1ccccc1. The highest BCUT2D eigenvalue weighted by Crippen LogP contribution is 2.05. The van der Waals surface area contributed by atoms with Crippen LogP contribution in [0.5, 0.6) is 0 Å². The monoisotopic (exact) mass is 220 g/mol. The molecule has 0 aliphatic rings. The Labute approximate surface area is 99.7 Å². The van der Waals surface area contributed by atoms with Gasteiger partial charge in [0.25, 0.3) is 0 Å². The Hall–Kier alpha value is -1.02. The molecule has 0 bridgehead atoms. The van der Waals surface area contributed by atoms with Crippen LogP contribution in [0.4, 0.5) is 5.69 Å². The molecule has 1 atom stereocenters. The van der Waals surface area contributed by atoms with Gasteiger partial charge in [-0.1, -0.05) is 25.1 Å². The van der Waals surface area contributed by atoms with Gasteiger partial charge in [-0.15, -0.1) is 0 Å². The zero-order chi connectivity index (χ0) is 11.8. The minimum atomic E-state index is 0.691. The molecule has 1 aromatic carbocycles. The van der Waals surface area contributed by atoms with Crippen molar-refractivity contribution in [3.05, 3.63) is 30.3 Å². The molecule has 2 heteroatoms. The fraction of sp³-hybridized carbons (Fsp3) is 0.571. The Balaban J connectivity index is 2.13. The molecule has 1 N–H and O–H groups in total. The number of anilines is 1. The molecule has 0 radical (unpaired) electrons. The summed E-state index contributed by atoms with van der Waals surface area (Å²) in [5.74, 6) is 0. The number of benzene rings is 1. The molecule has 0 heterocycles. The molecule has 0 fully saturated rings. The predicted molar refractivity (Wildman–Crippen MR) is 71.9 cm³/mol. The Morgan fingerprint density at radius 3 is 2.56 bits per heavy atom. The quantitative estimate of drug-likeness (QED) is 0.710. The van der Waals surface area contributed by atoms with Crippen LogP contribution in [0.1, 0.15) is 26.7 Å². The second-order valence-electron chi connectivity index (χ2n) is 4.38. The first-order chi connectivity index (χ1) is 7.74. The minimum absolute atomic E-state index is 0.691. The smallest absolute Gasteiger partial charge is 0.0340 e. The van der Waals surface area contributed by atoms with Crippen LogP contribution in [0.25, 0.3) is 0 Å². The van der Waals surface area contributed by atoms with Crippen LogP contribution in [-0.4, -0.2) is 31.1 Å². The number of hydrogen-bond acceptors (Lipinski definition) is 2. The van der Waals surface area contributed by atoms with E-state index in [1.54, 1.807) is 0 Å². The summed E-state index contributed by atoms with van der Waals surface area (Å²) in [7, 11) is 2.21. The maximum Gasteiger partial charge on any atom is 0.0340 e. The van der Waals surface area contributed by atoms with Crippen LogP contribution in [0.15, 0.2) is 30.3 Å². The summed E-state index contributed by atoms with van der Waals surface area (Å²) in [6, 6.07) is 11.1. The molecular formula is C14H24N2. The summed E-state index contributed by atoms with van der Waals surface area (Å²) in [5.41, 5.74) is 1.22. The van der Waals surface area contributed by atoms with Gasteiger partial charge in [0.2, 0.25) is 0 Å². The highest BCUT2D eigenvalue weighted by Gasteiger charge is 2.04. The van der Waals surface area contributed by atoms with Gasteiger partial charge in [0.15, 0.2) is 0 Å². The normalized spacial score (nSPS) is 12.8. The van der Waals surface area contributed by atoms with Gasteiger partial charge in [0.1, 0.15) is 0 Å². The van der Waals surface area contributed by atoms with Gasteiger partial charge in [0.05, 0.1) is 0 Å². The molecule has 0 saturated carbocycles. The average molecular weight is 220 g/mol. The van der Waals surface area contributed by atoms with Gasteiger partial charge >= 0.3 is 0 Å². The Morgan fingerprint density at radius 1 is 1.25 bits per heavy atom. The molecule has 16 heavy (non-hydrogen) atoms. The van der Waals surface area contributed by atoms with E-state index in [1.165, 1.54) is 18.5 Å². The molecule has 0 aliphatic carbocycles. The standard InChI is InChI=1S/C14H24N2/c1-4-13(2)16(3)12-8-11-15-14-9-6-5-7-10-14/h5-7,9-10,13,15H,4,8,11-12H2,1-3H3. The zero-order valence-electron chi connectivity index (χ0n) is 10.7. The number of hydrogen-bond donors (Lipinski definition) is 1. The van der Waals surface area contributed by atoms with Crippen molar-refractivity contribution in [1.82, 2.24) is 4.90 Å². The largest absolute Gasteiger partial charge is 0.385 e. The highest BCUT2D eigenvalue weighted by atomic mass is 15.1. The zero-order valence-corrected chi connectivity index (χ0v) is 10.7. The second kappa shape index (κ2) is 7.29. The first-order valence-corrected chi connectivity index (χ1v) is 6.23. The molecule has 0 saturated heterocycles. The minimum Gasteiger partial charge on any atom is -0.385 e. The van der Waals surface area contributed by atoms with E-state index in [0.29, 0.717) is 6.04 Å². The third-order valence-electron chi connectivity index (χ3n) is 3.13. The van der Waals surface area contributed by atoms with E-state index in [2.05, 4.69) is 55.4 Å². The second-order valence-corrected chi connectivity index (χ2v) is 4.38.